The van der Waals surface area contributed by atoms with Crippen LogP contribution in [0.4, 0.5) is 0 Å². The minimum absolute atomic E-state index is 0.0930. The molecule has 7 nitrogen and oxygen atoms in total. The van der Waals surface area contributed by atoms with Crippen molar-refractivity contribution in [2.45, 2.75) is 12.6 Å². The number of ether oxygens (including phenoxy) is 1. The highest BCUT2D eigenvalue weighted by molar-refractivity contribution is 7.08. The van der Waals surface area contributed by atoms with Gasteiger partial charge in [-0.25, -0.2) is 9.78 Å². The number of thiophene rings is 1. The Morgan fingerprint density at radius 1 is 0.925 bits per heavy atom. The smallest absolute Gasteiger partial charge is 0.328 e. The molecule has 5 aromatic rings. The first-order chi connectivity index (χ1) is 19.4. The number of oxazole rings is 1. The summed E-state index contributed by atoms with van der Waals surface area (Å²) in [6, 6.07) is 22.4. The van der Waals surface area contributed by atoms with Gasteiger partial charge in [-0.1, -0.05) is 65.7 Å². The van der Waals surface area contributed by atoms with Gasteiger partial charge in [0.2, 0.25) is 5.89 Å². The van der Waals surface area contributed by atoms with Crippen molar-refractivity contribution < 1.29 is 23.8 Å². The minimum Gasteiger partial charge on any atom is -0.480 e. The van der Waals surface area contributed by atoms with Gasteiger partial charge in [0.15, 0.2) is 17.5 Å². The van der Waals surface area contributed by atoms with Gasteiger partial charge in [0.05, 0.1) is 23.3 Å². The van der Waals surface area contributed by atoms with E-state index in [1.165, 1.54) is 0 Å². The third-order valence-corrected chi connectivity index (χ3v) is 7.43. The van der Waals surface area contributed by atoms with Crippen LogP contribution in [-0.4, -0.2) is 34.6 Å². The third kappa shape index (κ3) is 6.43. The van der Waals surface area contributed by atoms with Gasteiger partial charge in [0, 0.05) is 11.1 Å². The van der Waals surface area contributed by atoms with E-state index in [0.717, 1.165) is 16.7 Å². The number of nitrogens with one attached hydrogen (secondary N) is 1. The van der Waals surface area contributed by atoms with E-state index in [9.17, 15) is 14.7 Å². The lowest BCUT2D eigenvalue weighted by Crippen LogP contribution is -2.44. The predicted molar refractivity (Wildman–Crippen MR) is 156 cm³/mol. The Morgan fingerprint density at radius 2 is 1.65 bits per heavy atom. The Balaban J connectivity index is 1.42. The van der Waals surface area contributed by atoms with Gasteiger partial charge in [-0.15, -0.1) is 0 Å². The van der Waals surface area contributed by atoms with E-state index < -0.39 is 17.9 Å². The highest BCUT2D eigenvalue weighted by Crippen LogP contribution is 2.34. The SMILES string of the molecule is O=C(NC(COCc1ccccc1)C(=O)O)c1nc(-c2ccc(-c3ccsc3)cc2)oc1-c1ccc(Cl)c(Cl)c1. The van der Waals surface area contributed by atoms with Crippen LogP contribution in [0, 0.1) is 0 Å². The fourth-order valence-corrected chi connectivity index (χ4v) is 4.90. The molecular formula is C30H22Cl2N2O5S. The molecule has 3 aromatic carbocycles. The molecule has 202 valence electrons. The first kappa shape index (κ1) is 27.6. The number of carboxylic acid groups (broad SMARTS) is 1. The average Bonchev–Trinajstić information content (AvgIpc) is 3.66. The van der Waals surface area contributed by atoms with Gasteiger partial charge in [-0.3, -0.25) is 4.79 Å². The molecule has 1 amide bonds. The number of aliphatic carboxylic acids is 1. The molecule has 0 saturated heterocycles. The largest absolute Gasteiger partial charge is 0.480 e. The van der Waals surface area contributed by atoms with E-state index in [1.807, 2.05) is 71.4 Å². The van der Waals surface area contributed by atoms with E-state index in [1.54, 1.807) is 29.5 Å². The van der Waals surface area contributed by atoms with Crippen LogP contribution in [-0.2, 0) is 16.1 Å². The van der Waals surface area contributed by atoms with Crippen LogP contribution >= 0.6 is 34.5 Å². The van der Waals surface area contributed by atoms with Crippen molar-refractivity contribution in [3.63, 3.8) is 0 Å². The van der Waals surface area contributed by atoms with Gasteiger partial charge in [-0.2, -0.15) is 11.3 Å². The second-order valence-electron chi connectivity index (χ2n) is 8.78. The average molecular weight is 593 g/mol. The fraction of sp³-hybridized carbons (Fsp3) is 0.100. The lowest BCUT2D eigenvalue weighted by Gasteiger charge is -2.14. The van der Waals surface area contributed by atoms with Crippen LogP contribution in [0.2, 0.25) is 10.0 Å². The van der Waals surface area contributed by atoms with E-state index in [2.05, 4.69) is 10.3 Å². The molecule has 5 rings (SSSR count). The van der Waals surface area contributed by atoms with Crippen LogP contribution in [0.15, 0.2) is 94.0 Å². The second-order valence-corrected chi connectivity index (χ2v) is 10.4. The van der Waals surface area contributed by atoms with Crippen LogP contribution in [0.1, 0.15) is 16.1 Å². The van der Waals surface area contributed by atoms with E-state index in [-0.39, 0.29) is 35.6 Å². The summed E-state index contributed by atoms with van der Waals surface area (Å²) in [5.41, 5.74) is 4.00. The van der Waals surface area contributed by atoms with Gasteiger partial charge in [-0.05, 0) is 63.8 Å². The molecule has 10 heteroatoms. The summed E-state index contributed by atoms with van der Waals surface area (Å²) < 4.78 is 11.6. The number of hydrogen-bond donors (Lipinski definition) is 2. The number of carbonyl (C=O) groups is 2. The molecule has 2 heterocycles. The molecule has 1 unspecified atom stereocenters. The molecule has 2 aromatic heterocycles. The van der Waals surface area contributed by atoms with Crippen LogP contribution in [0.25, 0.3) is 33.9 Å². The summed E-state index contributed by atoms with van der Waals surface area (Å²) in [6.45, 7) is -0.0443. The highest BCUT2D eigenvalue weighted by atomic mass is 35.5. The summed E-state index contributed by atoms with van der Waals surface area (Å²) in [7, 11) is 0. The van der Waals surface area contributed by atoms with Crippen LogP contribution < -0.4 is 5.32 Å². The standard InChI is InChI=1S/C30H22Cl2N2O5S/c31-23-11-10-21(14-24(23)32)27-26(28(35)33-25(30(36)37)16-38-15-18-4-2-1-3-5-18)34-29(39-27)20-8-6-19(7-9-20)22-12-13-40-17-22/h1-14,17,25H,15-16H2,(H,33,35)(H,36,37). The Kier molecular flexibility index (Phi) is 8.62. The van der Waals surface area contributed by atoms with Crippen molar-refractivity contribution in [2.75, 3.05) is 6.61 Å². The Bertz CT molecular complexity index is 1620. The maximum atomic E-state index is 13.4. The monoisotopic (exact) mass is 592 g/mol. The lowest BCUT2D eigenvalue weighted by atomic mass is 10.1. The summed E-state index contributed by atoms with van der Waals surface area (Å²) in [5, 5.41) is 16.9. The molecule has 0 fully saturated rings. The number of rotatable bonds is 10. The van der Waals surface area contributed by atoms with Crippen molar-refractivity contribution in [2.24, 2.45) is 0 Å². The number of nitrogens with zero attached hydrogens (tertiary/aromatic N) is 1. The number of halogens is 2. The van der Waals surface area contributed by atoms with Crippen molar-refractivity contribution in [1.82, 2.24) is 10.3 Å². The van der Waals surface area contributed by atoms with Gasteiger partial charge in [0.25, 0.3) is 5.91 Å². The number of benzene rings is 3. The molecule has 0 spiro atoms. The summed E-state index contributed by atoms with van der Waals surface area (Å²) >= 11 is 13.9. The molecule has 0 aliphatic carbocycles. The summed E-state index contributed by atoms with van der Waals surface area (Å²) in [6.07, 6.45) is 0. The topological polar surface area (TPSA) is 102 Å². The zero-order valence-electron chi connectivity index (χ0n) is 20.8. The maximum absolute atomic E-state index is 13.4. The zero-order chi connectivity index (χ0) is 28.1. The summed E-state index contributed by atoms with van der Waals surface area (Å²) in [4.78, 5) is 29.8. The van der Waals surface area contributed by atoms with Crippen LogP contribution in [0.5, 0.6) is 0 Å². The Hall–Kier alpha value is -3.95. The number of carbonyl (C=O) groups excluding carboxylic acids is 1. The molecule has 0 aliphatic heterocycles. The van der Waals surface area contributed by atoms with E-state index in [4.69, 9.17) is 32.4 Å². The molecule has 2 N–H and O–H groups in total. The first-order valence-corrected chi connectivity index (χ1v) is 13.8. The lowest BCUT2D eigenvalue weighted by molar-refractivity contribution is -0.141. The number of amides is 1. The summed E-state index contributed by atoms with van der Waals surface area (Å²) in [5.74, 6) is -1.66. The van der Waals surface area contributed by atoms with Gasteiger partial charge < -0.3 is 19.6 Å². The van der Waals surface area contributed by atoms with Crippen molar-refractivity contribution in [3.8, 4) is 33.9 Å². The molecular weight excluding hydrogens is 571 g/mol. The predicted octanol–water partition coefficient (Wildman–Crippen LogP) is 7.44. The quantitative estimate of drug-likeness (QED) is 0.175. The molecule has 40 heavy (non-hydrogen) atoms. The van der Waals surface area contributed by atoms with Crippen molar-refractivity contribution >= 4 is 46.4 Å². The normalized spacial score (nSPS) is 11.8. The Morgan fingerprint density at radius 3 is 2.33 bits per heavy atom. The van der Waals surface area contributed by atoms with Gasteiger partial charge in [0.1, 0.15) is 0 Å². The zero-order valence-corrected chi connectivity index (χ0v) is 23.2. The maximum Gasteiger partial charge on any atom is 0.328 e. The molecule has 0 aliphatic rings. The molecule has 1 atom stereocenters. The van der Waals surface area contributed by atoms with Crippen LogP contribution in [0.3, 0.4) is 0 Å². The minimum atomic E-state index is -1.32. The first-order valence-electron chi connectivity index (χ1n) is 12.1. The van der Waals surface area contributed by atoms with Gasteiger partial charge >= 0.3 is 5.97 Å². The van der Waals surface area contributed by atoms with Crippen molar-refractivity contribution in [3.05, 3.63) is 111 Å². The molecule has 0 saturated carbocycles. The fourth-order valence-electron chi connectivity index (χ4n) is 3.93. The third-order valence-electron chi connectivity index (χ3n) is 6.01. The van der Waals surface area contributed by atoms with Crippen molar-refractivity contribution in [1.29, 1.82) is 0 Å². The van der Waals surface area contributed by atoms with E-state index >= 15 is 0 Å². The number of aromatic nitrogens is 1. The molecule has 0 bridgehead atoms. The van der Waals surface area contributed by atoms with E-state index in [0.29, 0.717) is 16.1 Å². The molecule has 0 radical (unpaired) electrons. The number of carboxylic acids is 1. The highest BCUT2D eigenvalue weighted by Gasteiger charge is 2.27. The number of hydrogen-bond acceptors (Lipinski definition) is 6. The second kappa shape index (κ2) is 12.5. The Labute approximate surface area is 244 Å².